The highest BCUT2D eigenvalue weighted by Crippen LogP contribution is 2.29. The lowest BCUT2D eigenvalue weighted by atomic mass is 10.1. The quantitative estimate of drug-likeness (QED) is 0.863. The van der Waals surface area contributed by atoms with Crippen LogP contribution in [0.25, 0.3) is 0 Å². The van der Waals surface area contributed by atoms with Gasteiger partial charge in [-0.15, -0.1) is 0 Å². The average molecular weight is 239 g/mol. The molecule has 0 saturated carbocycles. The highest BCUT2D eigenvalue weighted by atomic mass is 19.1. The van der Waals surface area contributed by atoms with Gasteiger partial charge in [0, 0.05) is 24.6 Å². The summed E-state index contributed by atoms with van der Waals surface area (Å²) in [6.45, 7) is 2.82. The highest BCUT2D eigenvalue weighted by Gasteiger charge is 2.25. The van der Waals surface area contributed by atoms with Crippen LogP contribution in [0, 0.1) is 5.82 Å². The van der Waals surface area contributed by atoms with Gasteiger partial charge in [-0.25, -0.2) is 4.39 Å². The Labute approximate surface area is 101 Å². The molecule has 17 heavy (non-hydrogen) atoms. The Morgan fingerprint density at radius 2 is 2.35 bits per heavy atom. The summed E-state index contributed by atoms with van der Waals surface area (Å²) in [5.74, 6) is 0.562. The van der Waals surface area contributed by atoms with Crippen LogP contribution >= 0.6 is 0 Å². The lowest BCUT2D eigenvalue weighted by Gasteiger charge is -2.25. The number of rotatable bonds is 4. The zero-order valence-electron chi connectivity index (χ0n) is 10.2. The molecule has 0 aliphatic carbocycles. The van der Waals surface area contributed by atoms with E-state index in [2.05, 4.69) is 0 Å². The third kappa shape index (κ3) is 2.76. The largest absolute Gasteiger partial charge is 0.488 e. The molecule has 1 aromatic rings. The summed E-state index contributed by atoms with van der Waals surface area (Å²) < 4.78 is 18.8. The maximum absolute atomic E-state index is 13.0. The summed E-state index contributed by atoms with van der Waals surface area (Å²) in [6.07, 6.45) is 0.779. The lowest BCUT2D eigenvalue weighted by Crippen LogP contribution is -2.39. The third-order valence-electron chi connectivity index (χ3n) is 3.27. The van der Waals surface area contributed by atoms with E-state index < -0.39 is 0 Å². The van der Waals surface area contributed by atoms with Gasteiger partial charge in [0.05, 0.1) is 6.61 Å². The van der Waals surface area contributed by atoms with Gasteiger partial charge in [-0.3, -0.25) is 4.90 Å². The van der Waals surface area contributed by atoms with Crippen molar-refractivity contribution >= 4 is 0 Å². The molecule has 94 valence electrons. The standard InChI is InChI=1S/C13H18FNO2/c1-9(8-16)15(2)7-12-6-10-5-11(14)3-4-13(10)17-12/h3-5,9,12,16H,6-8H2,1-2H3. The maximum atomic E-state index is 13.0. The van der Waals surface area contributed by atoms with E-state index in [0.29, 0.717) is 0 Å². The van der Waals surface area contributed by atoms with Crippen LogP contribution < -0.4 is 4.74 Å². The number of likely N-dealkylation sites (N-methyl/N-ethyl adjacent to an activating group) is 1. The fourth-order valence-electron chi connectivity index (χ4n) is 2.03. The fraction of sp³-hybridized carbons (Fsp3) is 0.538. The number of hydrogen-bond acceptors (Lipinski definition) is 3. The van der Waals surface area contributed by atoms with Crippen molar-refractivity contribution in [2.45, 2.75) is 25.5 Å². The van der Waals surface area contributed by atoms with Crippen molar-refractivity contribution in [3.63, 3.8) is 0 Å². The molecule has 1 aliphatic rings. The molecule has 0 bridgehead atoms. The zero-order chi connectivity index (χ0) is 12.4. The van der Waals surface area contributed by atoms with Gasteiger partial charge in [-0.1, -0.05) is 0 Å². The van der Waals surface area contributed by atoms with E-state index in [-0.39, 0.29) is 24.6 Å². The second kappa shape index (κ2) is 5.02. The van der Waals surface area contributed by atoms with E-state index in [1.165, 1.54) is 12.1 Å². The van der Waals surface area contributed by atoms with Crippen molar-refractivity contribution in [2.75, 3.05) is 20.2 Å². The number of fused-ring (bicyclic) bond motifs is 1. The number of aliphatic hydroxyl groups excluding tert-OH is 1. The van der Waals surface area contributed by atoms with Gasteiger partial charge in [-0.2, -0.15) is 0 Å². The Kier molecular flexibility index (Phi) is 3.64. The maximum Gasteiger partial charge on any atom is 0.123 e. The van der Waals surface area contributed by atoms with Gasteiger partial charge in [0.25, 0.3) is 0 Å². The Morgan fingerprint density at radius 3 is 3.06 bits per heavy atom. The summed E-state index contributed by atoms with van der Waals surface area (Å²) in [6, 6.07) is 4.74. The molecule has 2 rings (SSSR count). The summed E-state index contributed by atoms with van der Waals surface area (Å²) in [5, 5.41) is 9.06. The van der Waals surface area contributed by atoms with Crippen molar-refractivity contribution in [1.82, 2.24) is 4.90 Å². The number of halogens is 1. The Balaban J connectivity index is 1.96. The molecule has 2 unspecified atom stereocenters. The van der Waals surface area contributed by atoms with Crippen molar-refractivity contribution in [3.05, 3.63) is 29.6 Å². The SMILES string of the molecule is CC(CO)N(C)CC1Cc2cc(F)ccc2O1. The van der Waals surface area contributed by atoms with Crippen LogP contribution in [-0.2, 0) is 6.42 Å². The number of nitrogens with zero attached hydrogens (tertiary/aromatic N) is 1. The van der Waals surface area contributed by atoms with Gasteiger partial charge in [0.15, 0.2) is 0 Å². The number of aliphatic hydroxyl groups is 1. The first-order valence-electron chi connectivity index (χ1n) is 5.86. The summed E-state index contributed by atoms with van der Waals surface area (Å²) in [5.41, 5.74) is 0.931. The van der Waals surface area contributed by atoms with E-state index in [9.17, 15) is 4.39 Å². The lowest BCUT2D eigenvalue weighted by molar-refractivity contribution is 0.110. The second-order valence-corrected chi connectivity index (χ2v) is 4.67. The molecular formula is C13H18FNO2. The Morgan fingerprint density at radius 1 is 1.59 bits per heavy atom. The molecule has 0 fully saturated rings. The van der Waals surface area contributed by atoms with Gasteiger partial charge in [0.2, 0.25) is 0 Å². The van der Waals surface area contributed by atoms with Crippen LogP contribution in [0.15, 0.2) is 18.2 Å². The predicted molar refractivity (Wildman–Crippen MR) is 63.7 cm³/mol. The Bertz CT molecular complexity index is 397. The summed E-state index contributed by atoms with van der Waals surface area (Å²) >= 11 is 0. The number of ether oxygens (including phenoxy) is 1. The van der Waals surface area contributed by atoms with E-state index in [4.69, 9.17) is 9.84 Å². The smallest absolute Gasteiger partial charge is 0.123 e. The van der Waals surface area contributed by atoms with Crippen molar-refractivity contribution in [1.29, 1.82) is 0 Å². The van der Waals surface area contributed by atoms with Crippen LogP contribution in [0.1, 0.15) is 12.5 Å². The zero-order valence-corrected chi connectivity index (χ0v) is 10.2. The molecule has 0 amide bonds. The number of hydrogen-bond donors (Lipinski definition) is 1. The molecule has 1 N–H and O–H groups in total. The molecule has 0 aromatic heterocycles. The van der Waals surface area contributed by atoms with Crippen LogP contribution in [0.4, 0.5) is 4.39 Å². The van der Waals surface area contributed by atoms with E-state index in [1.54, 1.807) is 6.07 Å². The monoisotopic (exact) mass is 239 g/mol. The molecule has 0 saturated heterocycles. The van der Waals surface area contributed by atoms with Crippen molar-refractivity contribution in [2.24, 2.45) is 0 Å². The van der Waals surface area contributed by atoms with Gasteiger partial charge >= 0.3 is 0 Å². The highest BCUT2D eigenvalue weighted by molar-refractivity contribution is 5.37. The molecule has 1 heterocycles. The van der Waals surface area contributed by atoms with Crippen molar-refractivity contribution in [3.8, 4) is 5.75 Å². The third-order valence-corrected chi connectivity index (χ3v) is 3.27. The first-order chi connectivity index (χ1) is 8.10. The first-order valence-corrected chi connectivity index (χ1v) is 5.86. The van der Waals surface area contributed by atoms with E-state index in [1.807, 2.05) is 18.9 Å². The summed E-state index contributed by atoms with van der Waals surface area (Å²) in [4.78, 5) is 2.05. The van der Waals surface area contributed by atoms with Crippen LogP contribution in [0.5, 0.6) is 5.75 Å². The Hall–Kier alpha value is -1.13. The molecule has 0 radical (unpaired) electrons. The molecule has 1 aliphatic heterocycles. The van der Waals surface area contributed by atoms with Gasteiger partial charge < -0.3 is 9.84 Å². The molecule has 3 nitrogen and oxygen atoms in total. The van der Waals surface area contributed by atoms with Gasteiger partial charge in [0.1, 0.15) is 17.7 Å². The topological polar surface area (TPSA) is 32.7 Å². The molecular weight excluding hydrogens is 221 g/mol. The first kappa shape index (κ1) is 12.3. The fourth-order valence-corrected chi connectivity index (χ4v) is 2.03. The second-order valence-electron chi connectivity index (χ2n) is 4.67. The minimum absolute atomic E-state index is 0.0470. The van der Waals surface area contributed by atoms with E-state index >= 15 is 0 Å². The molecule has 2 atom stereocenters. The van der Waals surface area contributed by atoms with E-state index in [0.717, 1.165) is 24.3 Å². The minimum Gasteiger partial charge on any atom is -0.488 e. The molecule has 0 spiro atoms. The van der Waals surface area contributed by atoms with Crippen LogP contribution in [-0.4, -0.2) is 42.4 Å². The van der Waals surface area contributed by atoms with Crippen LogP contribution in [0.2, 0.25) is 0 Å². The summed E-state index contributed by atoms with van der Waals surface area (Å²) in [7, 11) is 1.95. The number of benzene rings is 1. The molecule has 1 aromatic carbocycles. The van der Waals surface area contributed by atoms with Crippen molar-refractivity contribution < 1.29 is 14.2 Å². The minimum atomic E-state index is -0.218. The predicted octanol–water partition coefficient (Wildman–Crippen LogP) is 1.44. The average Bonchev–Trinajstić information content (AvgIpc) is 2.69. The van der Waals surface area contributed by atoms with Gasteiger partial charge in [-0.05, 0) is 32.2 Å². The molecule has 4 heteroatoms. The normalized spacial score (nSPS) is 20.2. The van der Waals surface area contributed by atoms with Crippen LogP contribution in [0.3, 0.4) is 0 Å².